The van der Waals surface area contributed by atoms with Crippen molar-refractivity contribution in [1.29, 1.82) is 0 Å². The van der Waals surface area contributed by atoms with Crippen LogP contribution in [0, 0.1) is 0 Å². The molecule has 0 saturated heterocycles. The van der Waals surface area contributed by atoms with Gasteiger partial charge in [0.05, 0.1) is 24.2 Å². The van der Waals surface area contributed by atoms with Crippen LogP contribution in [0.15, 0.2) is 36.7 Å². The molecule has 144 valence electrons. The fourth-order valence-corrected chi connectivity index (χ4v) is 3.70. The molecule has 28 heavy (non-hydrogen) atoms. The van der Waals surface area contributed by atoms with Crippen molar-refractivity contribution in [3.05, 3.63) is 36.7 Å². The van der Waals surface area contributed by atoms with Gasteiger partial charge in [0.1, 0.15) is 5.82 Å². The first-order valence-corrected chi connectivity index (χ1v) is 9.50. The number of aliphatic hydroxyl groups is 1. The minimum atomic E-state index is -0.165. The lowest BCUT2D eigenvalue weighted by Crippen LogP contribution is -2.29. The van der Waals surface area contributed by atoms with Crippen molar-refractivity contribution in [1.82, 2.24) is 29.8 Å². The fraction of sp³-hybridized carbons (Fsp3) is 0.368. The summed E-state index contributed by atoms with van der Waals surface area (Å²) >= 11 is 0. The maximum atomic E-state index is 9.72. The van der Waals surface area contributed by atoms with Gasteiger partial charge in [-0.05, 0) is 43.9 Å². The smallest absolute Gasteiger partial charge is 0.250 e. The minimum Gasteiger partial charge on any atom is -0.393 e. The standard InChI is InChI=1S/C19H22N8O/c1-26(14-9-12-10-21-24-18(12)20-11-14)19-23-17-4-2-3-16(27(17)25-19)22-13-5-7-15(28)8-6-13/h2-4,9-11,13,15,22,28H,5-8H2,1H3,(H,20,21,24). The molecule has 9 heteroatoms. The number of hydrogen-bond acceptors (Lipinski definition) is 7. The Kier molecular flexibility index (Phi) is 4.09. The third-order valence-electron chi connectivity index (χ3n) is 5.36. The van der Waals surface area contributed by atoms with Gasteiger partial charge >= 0.3 is 0 Å². The molecular formula is C19H22N8O. The van der Waals surface area contributed by atoms with Crippen molar-refractivity contribution in [2.75, 3.05) is 17.3 Å². The summed E-state index contributed by atoms with van der Waals surface area (Å²) in [7, 11) is 1.92. The van der Waals surface area contributed by atoms with E-state index in [9.17, 15) is 5.11 Å². The fourth-order valence-electron chi connectivity index (χ4n) is 3.70. The van der Waals surface area contributed by atoms with Crippen LogP contribution in [0.2, 0.25) is 0 Å². The van der Waals surface area contributed by atoms with Gasteiger partial charge in [0.2, 0.25) is 5.95 Å². The molecule has 0 amide bonds. The van der Waals surface area contributed by atoms with Crippen LogP contribution in [0.25, 0.3) is 16.7 Å². The molecule has 0 unspecified atom stereocenters. The third-order valence-corrected chi connectivity index (χ3v) is 5.36. The number of hydrogen-bond donors (Lipinski definition) is 3. The van der Waals surface area contributed by atoms with E-state index in [1.54, 1.807) is 12.4 Å². The highest BCUT2D eigenvalue weighted by Gasteiger charge is 2.20. The van der Waals surface area contributed by atoms with Gasteiger partial charge in [0, 0.05) is 18.5 Å². The molecule has 3 N–H and O–H groups in total. The normalized spacial score (nSPS) is 19.9. The molecule has 0 atom stereocenters. The molecule has 0 spiro atoms. The van der Waals surface area contributed by atoms with Crippen LogP contribution in [-0.2, 0) is 0 Å². The molecule has 0 aliphatic heterocycles. The van der Waals surface area contributed by atoms with E-state index < -0.39 is 0 Å². The zero-order valence-corrected chi connectivity index (χ0v) is 15.6. The topological polar surface area (TPSA) is 107 Å². The largest absolute Gasteiger partial charge is 0.393 e. The number of aromatic nitrogens is 6. The summed E-state index contributed by atoms with van der Waals surface area (Å²) < 4.78 is 1.83. The first kappa shape index (κ1) is 16.9. The molecule has 1 fully saturated rings. The van der Waals surface area contributed by atoms with Gasteiger partial charge in [-0.25, -0.2) is 4.98 Å². The highest BCUT2D eigenvalue weighted by atomic mass is 16.3. The highest BCUT2D eigenvalue weighted by Crippen LogP contribution is 2.26. The van der Waals surface area contributed by atoms with Crippen LogP contribution in [-0.4, -0.2) is 54.1 Å². The SMILES string of the molecule is CN(c1cnc2[nH]ncc2c1)c1nc2cccc(NC3CCC(O)CC3)n2n1. The number of rotatable bonds is 4. The lowest BCUT2D eigenvalue weighted by Gasteiger charge is -2.27. The average molecular weight is 378 g/mol. The van der Waals surface area contributed by atoms with E-state index >= 15 is 0 Å². The van der Waals surface area contributed by atoms with Gasteiger partial charge in [-0.1, -0.05) is 6.07 Å². The van der Waals surface area contributed by atoms with Crippen LogP contribution >= 0.6 is 0 Å². The second-order valence-electron chi connectivity index (χ2n) is 7.30. The molecule has 9 nitrogen and oxygen atoms in total. The van der Waals surface area contributed by atoms with Gasteiger partial charge in [0.25, 0.3) is 0 Å². The summed E-state index contributed by atoms with van der Waals surface area (Å²) in [6.45, 7) is 0. The van der Waals surface area contributed by atoms with E-state index in [1.165, 1.54) is 0 Å². The van der Waals surface area contributed by atoms with Gasteiger partial charge in [-0.3, -0.25) is 5.10 Å². The number of aromatic amines is 1. The Labute approximate surface area is 161 Å². The van der Waals surface area contributed by atoms with Crippen molar-refractivity contribution in [3.63, 3.8) is 0 Å². The monoisotopic (exact) mass is 378 g/mol. The predicted octanol–water partition coefficient (Wildman–Crippen LogP) is 2.48. The number of fused-ring (bicyclic) bond motifs is 2. The maximum Gasteiger partial charge on any atom is 0.250 e. The van der Waals surface area contributed by atoms with E-state index in [4.69, 9.17) is 5.10 Å². The zero-order valence-electron chi connectivity index (χ0n) is 15.6. The summed E-state index contributed by atoms with van der Waals surface area (Å²) in [5, 5.41) is 25.8. The molecule has 4 heterocycles. The molecule has 1 saturated carbocycles. The first-order valence-electron chi connectivity index (χ1n) is 9.50. The number of anilines is 3. The second kappa shape index (κ2) is 6.75. The molecule has 4 aromatic rings. The first-order chi connectivity index (χ1) is 13.7. The Balaban J connectivity index is 1.44. The summed E-state index contributed by atoms with van der Waals surface area (Å²) in [6, 6.07) is 8.27. The van der Waals surface area contributed by atoms with Crippen LogP contribution in [0.3, 0.4) is 0 Å². The quantitative estimate of drug-likeness (QED) is 0.501. The van der Waals surface area contributed by atoms with Crippen LogP contribution < -0.4 is 10.2 Å². The predicted molar refractivity (Wildman–Crippen MR) is 107 cm³/mol. The average Bonchev–Trinajstić information content (AvgIpc) is 3.35. The molecule has 4 aromatic heterocycles. The summed E-state index contributed by atoms with van der Waals surface area (Å²) in [5.41, 5.74) is 2.42. The molecule has 1 aliphatic rings. The van der Waals surface area contributed by atoms with Crippen LogP contribution in [0.5, 0.6) is 0 Å². The van der Waals surface area contributed by atoms with Gasteiger partial charge < -0.3 is 15.3 Å². The number of aliphatic hydroxyl groups excluding tert-OH is 1. The molecule has 0 bridgehead atoms. The Morgan fingerprint density at radius 1 is 1.21 bits per heavy atom. The molecule has 5 rings (SSSR count). The van der Waals surface area contributed by atoms with Gasteiger partial charge in [0.15, 0.2) is 11.3 Å². The van der Waals surface area contributed by atoms with E-state index in [2.05, 4.69) is 25.5 Å². The summed E-state index contributed by atoms with van der Waals surface area (Å²) in [5.74, 6) is 1.51. The van der Waals surface area contributed by atoms with Crippen molar-refractivity contribution < 1.29 is 5.11 Å². The van der Waals surface area contributed by atoms with Crippen molar-refractivity contribution in [2.24, 2.45) is 0 Å². The highest BCUT2D eigenvalue weighted by molar-refractivity contribution is 5.78. The van der Waals surface area contributed by atoms with E-state index in [0.717, 1.165) is 53.9 Å². The molecule has 1 aliphatic carbocycles. The molecular weight excluding hydrogens is 356 g/mol. The second-order valence-corrected chi connectivity index (χ2v) is 7.30. The van der Waals surface area contributed by atoms with E-state index in [0.29, 0.717) is 12.0 Å². The number of H-pyrrole nitrogens is 1. The van der Waals surface area contributed by atoms with E-state index in [1.807, 2.05) is 40.7 Å². The van der Waals surface area contributed by atoms with Gasteiger partial charge in [-0.2, -0.15) is 14.6 Å². The zero-order chi connectivity index (χ0) is 19.1. The molecule has 0 radical (unpaired) electrons. The van der Waals surface area contributed by atoms with Crippen LogP contribution in [0.4, 0.5) is 17.5 Å². The third kappa shape index (κ3) is 3.03. The number of nitrogens with one attached hydrogen (secondary N) is 2. The minimum absolute atomic E-state index is 0.165. The van der Waals surface area contributed by atoms with Gasteiger partial charge in [-0.15, -0.1) is 5.10 Å². The Bertz CT molecular complexity index is 1110. The lowest BCUT2D eigenvalue weighted by molar-refractivity contribution is 0.126. The molecule has 0 aromatic carbocycles. The Morgan fingerprint density at radius 2 is 2.07 bits per heavy atom. The summed E-state index contributed by atoms with van der Waals surface area (Å²) in [4.78, 5) is 11.0. The van der Waals surface area contributed by atoms with Crippen molar-refractivity contribution in [3.8, 4) is 0 Å². The van der Waals surface area contributed by atoms with Crippen molar-refractivity contribution in [2.45, 2.75) is 37.8 Å². The summed E-state index contributed by atoms with van der Waals surface area (Å²) in [6.07, 6.45) is 6.94. The number of nitrogens with zero attached hydrogens (tertiary/aromatic N) is 6. The van der Waals surface area contributed by atoms with Crippen LogP contribution in [0.1, 0.15) is 25.7 Å². The lowest BCUT2D eigenvalue weighted by atomic mass is 9.93. The number of pyridine rings is 2. The Morgan fingerprint density at radius 3 is 2.93 bits per heavy atom. The maximum absolute atomic E-state index is 9.72. The van der Waals surface area contributed by atoms with E-state index in [-0.39, 0.29) is 6.10 Å². The Hall–Kier alpha value is -3.20. The van der Waals surface area contributed by atoms with Crippen molar-refractivity contribution >= 4 is 34.1 Å².